The fourth-order valence-corrected chi connectivity index (χ4v) is 2.22. The summed E-state index contributed by atoms with van der Waals surface area (Å²) in [5.41, 5.74) is 0. The van der Waals surface area contributed by atoms with Gasteiger partial charge in [-0.25, -0.2) is 4.79 Å². The lowest BCUT2D eigenvalue weighted by molar-refractivity contribution is -0.141. The van der Waals surface area contributed by atoms with Gasteiger partial charge in [0.1, 0.15) is 0 Å². The molecule has 0 aliphatic carbocycles. The highest BCUT2D eigenvalue weighted by atomic mass is 16.4. The third-order valence-electron chi connectivity index (χ3n) is 3.25. The first-order chi connectivity index (χ1) is 9.67. The molecule has 0 heterocycles. The summed E-state index contributed by atoms with van der Waals surface area (Å²) < 4.78 is 0. The van der Waals surface area contributed by atoms with Crippen LogP contribution < -0.4 is 5.32 Å². The molecule has 0 aromatic rings. The van der Waals surface area contributed by atoms with Crippen LogP contribution in [0.1, 0.15) is 34.1 Å². The Kier molecular flexibility index (Phi) is 9.01. The van der Waals surface area contributed by atoms with Crippen molar-refractivity contribution < 1.29 is 14.7 Å². The van der Waals surface area contributed by atoms with Crippen molar-refractivity contribution in [3.63, 3.8) is 0 Å². The van der Waals surface area contributed by atoms with E-state index in [1.807, 2.05) is 25.9 Å². The van der Waals surface area contributed by atoms with Crippen LogP contribution in [0, 0.1) is 11.8 Å². The molecule has 0 fully saturated rings. The predicted octanol–water partition coefficient (Wildman–Crippen LogP) is 1.71. The van der Waals surface area contributed by atoms with Gasteiger partial charge >= 0.3 is 12.0 Å². The maximum absolute atomic E-state index is 12.3. The number of amides is 2. The van der Waals surface area contributed by atoms with Gasteiger partial charge in [-0.2, -0.15) is 0 Å². The topological polar surface area (TPSA) is 72.9 Å². The van der Waals surface area contributed by atoms with Crippen molar-refractivity contribution in [2.45, 2.75) is 40.2 Å². The zero-order valence-corrected chi connectivity index (χ0v) is 14.2. The molecule has 2 amide bonds. The summed E-state index contributed by atoms with van der Waals surface area (Å²) in [4.78, 5) is 26.8. The number of carboxylic acids is 1. The molecule has 0 rings (SSSR count). The second-order valence-corrected chi connectivity index (χ2v) is 6.32. The van der Waals surface area contributed by atoms with Crippen LogP contribution in [0.4, 0.5) is 4.79 Å². The van der Waals surface area contributed by atoms with E-state index in [0.29, 0.717) is 12.5 Å². The normalized spacial score (nSPS) is 14.1. The monoisotopic (exact) mass is 301 g/mol. The van der Waals surface area contributed by atoms with Crippen LogP contribution in [-0.4, -0.2) is 66.7 Å². The summed E-state index contributed by atoms with van der Waals surface area (Å²) in [6.07, 6.45) is 0.899. The molecule has 0 saturated heterocycles. The van der Waals surface area contributed by atoms with E-state index in [0.717, 1.165) is 13.0 Å². The fraction of sp³-hybridized carbons (Fsp3) is 0.867. The number of likely N-dealkylation sites (N-methyl/N-ethyl adjacent to an activating group) is 1. The first-order valence-electron chi connectivity index (χ1n) is 7.60. The zero-order valence-electron chi connectivity index (χ0n) is 14.2. The average molecular weight is 301 g/mol. The Bertz CT molecular complexity index is 322. The van der Waals surface area contributed by atoms with Crippen LogP contribution in [-0.2, 0) is 4.79 Å². The van der Waals surface area contributed by atoms with Crippen molar-refractivity contribution in [2.24, 2.45) is 11.8 Å². The van der Waals surface area contributed by atoms with Gasteiger partial charge in [-0.05, 0) is 33.4 Å². The van der Waals surface area contributed by atoms with Gasteiger partial charge in [0.05, 0.1) is 5.92 Å². The van der Waals surface area contributed by atoms with Crippen molar-refractivity contribution in [2.75, 3.05) is 33.7 Å². The molecule has 0 aromatic heterocycles. The number of urea groups is 1. The van der Waals surface area contributed by atoms with Crippen LogP contribution in [0.15, 0.2) is 0 Å². The quantitative estimate of drug-likeness (QED) is 0.680. The van der Waals surface area contributed by atoms with Gasteiger partial charge in [0, 0.05) is 25.7 Å². The van der Waals surface area contributed by atoms with Crippen LogP contribution >= 0.6 is 0 Å². The smallest absolute Gasteiger partial charge is 0.317 e. The highest BCUT2D eigenvalue weighted by molar-refractivity contribution is 5.76. The summed E-state index contributed by atoms with van der Waals surface area (Å²) in [6, 6.07) is -0.111. The molecule has 0 aromatic carbocycles. The first kappa shape index (κ1) is 19.7. The maximum Gasteiger partial charge on any atom is 0.317 e. The molecular formula is C15H31N3O3. The number of rotatable bonds is 9. The van der Waals surface area contributed by atoms with Gasteiger partial charge in [-0.1, -0.05) is 20.8 Å². The molecule has 2 unspecified atom stereocenters. The fourth-order valence-electron chi connectivity index (χ4n) is 2.22. The third kappa shape index (κ3) is 8.55. The van der Waals surface area contributed by atoms with Crippen molar-refractivity contribution >= 4 is 12.0 Å². The molecule has 0 spiro atoms. The number of hydrogen-bond donors (Lipinski definition) is 2. The number of carboxylic acid groups (broad SMARTS) is 1. The molecule has 124 valence electrons. The Morgan fingerprint density at radius 1 is 1.14 bits per heavy atom. The Morgan fingerprint density at radius 2 is 1.71 bits per heavy atom. The molecule has 0 radical (unpaired) electrons. The number of nitrogens with one attached hydrogen (secondary N) is 1. The zero-order chi connectivity index (χ0) is 16.6. The highest BCUT2D eigenvalue weighted by Gasteiger charge is 2.22. The first-order valence-corrected chi connectivity index (χ1v) is 7.60. The lowest BCUT2D eigenvalue weighted by atomic mass is 10.0. The molecule has 0 bridgehead atoms. The summed E-state index contributed by atoms with van der Waals surface area (Å²) in [5, 5.41) is 12.0. The van der Waals surface area contributed by atoms with Gasteiger partial charge in [-0.15, -0.1) is 0 Å². The van der Waals surface area contributed by atoms with E-state index in [1.165, 1.54) is 0 Å². The molecule has 0 saturated carbocycles. The minimum absolute atomic E-state index is 0.0710. The van der Waals surface area contributed by atoms with Crippen molar-refractivity contribution in [3.05, 3.63) is 0 Å². The van der Waals surface area contributed by atoms with E-state index < -0.39 is 11.9 Å². The Hall–Kier alpha value is -1.30. The molecule has 0 aliphatic rings. The van der Waals surface area contributed by atoms with E-state index >= 15 is 0 Å². The van der Waals surface area contributed by atoms with Crippen LogP contribution in [0.3, 0.4) is 0 Å². The summed E-state index contributed by atoms with van der Waals surface area (Å²) in [5.74, 6) is -0.954. The van der Waals surface area contributed by atoms with Gasteiger partial charge in [0.2, 0.25) is 0 Å². The largest absolute Gasteiger partial charge is 0.481 e. The van der Waals surface area contributed by atoms with Gasteiger partial charge in [-0.3, -0.25) is 4.79 Å². The molecule has 21 heavy (non-hydrogen) atoms. The summed E-state index contributed by atoms with van der Waals surface area (Å²) in [7, 11) is 3.95. The molecule has 2 atom stereocenters. The number of aliphatic carboxylic acids is 1. The lowest BCUT2D eigenvalue weighted by Crippen LogP contribution is -2.50. The van der Waals surface area contributed by atoms with Crippen LogP contribution in [0.2, 0.25) is 0 Å². The Balaban J connectivity index is 4.64. The van der Waals surface area contributed by atoms with Gasteiger partial charge in [0.15, 0.2) is 0 Å². The Labute approximate surface area is 128 Å². The maximum atomic E-state index is 12.3. The number of hydrogen-bond acceptors (Lipinski definition) is 3. The standard InChI is InChI=1S/C15H31N3O3/c1-7-18(9-12(4)14(19)20)15(21)16-13(8-11(2)3)10-17(5)6/h11-13H,7-10H2,1-6H3,(H,16,21)(H,19,20). The number of carbonyl (C=O) groups is 2. The molecule has 0 aliphatic heterocycles. The van der Waals surface area contributed by atoms with E-state index in [2.05, 4.69) is 19.2 Å². The minimum Gasteiger partial charge on any atom is -0.481 e. The molecular weight excluding hydrogens is 270 g/mol. The molecule has 2 N–H and O–H groups in total. The summed E-state index contributed by atoms with van der Waals surface area (Å²) >= 11 is 0. The lowest BCUT2D eigenvalue weighted by Gasteiger charge is -2.29. The van der Waals surface area contributed by atoms with Crippen LogP contribution in [0.5, 0.6) is 0 Å². The predicted molar refractivity (Wildman–Crippen MR) is 84.4 cm³/mol. The molecule has 6 heteroatoms. The van der Waals surface area contributed by atoms with Crippen LogP contribution in [0.25, 0.3) is 0 Å². The minimum atomic E-state index is -0.881. The van der Waals surface area contributed by atoms with E-state index in [4.69, 9.17) is 5.11 Å². The third-order valence-corrected chi connectivity index (χ3v) is 3.25. The molecule has 6 nitrogen and oxygen atoms in total. The van der Waals surface area contributed by atoms with Crippen molar-refractivity contribution in [3.8, 4) is 0 Å². The van der Waals surface area contributed by atoms with Gasteiger partial charge < -0.3 is 20.2 Å². The average Bonchev–Trinajstić information content (AvgIpc) is 2.33. The number of nitrogens with zero attached hydrogens (tertiary/aromatic N) is 2. The van der Waals surface area contributed by atoms with E-state index in [-0.39, 0.29) is 18.6 Å². The van der Waals surface area contributed by atoms with E-state index in [1.54, 1.807) is 11.8 Å². The highest BCUT2D eigenvalue weighted by Crippen LogP contribution is 2.07. The second kappa shape index (κ2) is 9.60. The van der Waals surface area contributed by atoms with Crippen molar-refractivity contribution in [1.82, 2.24) is 15.1 Å². The second-order valence-electron chi connectivity index (χ2n) is 6.32. The SMILES string of the molecule is CCN(CC(C)C(=O)O)C(=O)NC(CC(C)C)CN(C)C. The Morgan fingerprint density at radius 3 is 2.10 bits per heavy atom. The van der Waals surface area contributed by atoms with E-state index in [9.17, 15) is 9.59 Å². The van der Waals surface area contributed by atoms with Gasteiger partial charge in [0.25, 0.3) is 0 Å². The number of carbonyl (C=O) groups excluding carboxylic acids is 1. The van der Waals surface area contributed by atoms with Crippen molar-refractivity contribution in [1.29, 1.82) is 0 Å². The summed E-state index contributed by atoms with van der Waals surface area (Å²) in [6.45, 7) is 9.23.